The number of esters is 1. The Morgan fingerprint density at radius 3 is 2.33 bits per heavy atom. The van der Waals surface area contributed by atoms with Gasteiger partial charge in [-0.3, -0.25) is 0 Å². The number of hydrogen-bond acceptors (Lipinski definition) is 5. The van der Waals surface area contributed by atoms with Crippen molar-refractivity contribution in [3.05, 3.63) is 29.3 Å². The van der Waals surface area contributed by atoms with Gasteiger partial charge in [-0.1, -0.05) is 0 Å². The SMILES string of the molecule is COC(=O)c1cc(C)cc(N(CCO)CCO)c1. The Morgan fingerprint density at radius 2 is 1.83 bits per heavy atom. The molecule has 0 bridgehead atoms. The number of aliphatic hydroxyl groups is 2. The Labute approximate surface area is 107 Å². The molecule has 0 saturated heterocycles. The van der Waals surface area contributed by atoms with Gasteiger partial charge in [-0.2, -0.15) is 0 Å². The number of benzene rings is 1. The van der Waals surface area contributed by atoms with E-state index in [2.05, 4.69) is 4.74 Å². The quantitative estimate of drug-likeness (QED) is 0.725. The number of ether oxygens (including phenoxy) is 1. The van der Waals surface area contributed by atoms with Crippen molar-refractivity contribution < 1.29 is 19.7 Å². The van der Waals surface area contributed by atoms with Crippen LogP contribution < -0.4 is 4.90 Å². The Hall–Kier alpha value is -1.59. The summed E-state index contributed by atoms with van der Waals surface area (Å²) >= 11 is 0. The van der Waals surface area contributed by atoms with Crippen molar-refractivity contribution >= 4 is 11.7 Å². The van der Waals surface area contributed by atoms with Crippen molar-refractivity contribution in [2.75, 3.05) is 38.3 Å². The summed E-state index contributed by atoms with van der Waals surface area (Å²) in [5.74, 6) is -0.395. The molecule has 0 spiro atoms. The summed E-state index contributed by atoms with van der Waals surface area (Å²) in [6.45, 7) is 2.67. The van der Waals surface area contributed by atoms with Gasteiger partial charge in [0.2, 0.25) is 0 Å². The summed E-state index contributed by atoms with van der Waals surface area (Å²) < 4.78 is 4.69. The lowest BCUT2D eigenvalue weighted by Gasteiger charge is -2.23. The monoisotopic (exact) mass is 253 g/mol. The van der Waals surface area contributed by atoms with Crippen LogP contribution in [0.3, 0.4) is 0 Å². The van der Waals surface area contributed by atoms with E-state index in [1.807, 2.05) is 17.9 Å². The fourth-order valence-corrected chi connectivity index (χ4v) is 1.79. The lowest BCUT2D eigenvalue weighted by Crippen LogP contribution is -2.29. The van der Waals surface area contributed by atoms with E-state index in [-0.39, 0.29) is 13.2 Å². The molecule has 0 atom stereocenters. The molecule has 0 amide bonds. The zero-order valence-corrected chi connectivity index (χ0v) is 10.7. The highest BCUT2D eigenvalue weighted by Crippen LogP contribution is 2.19. The lowest BCUT2D eigenvalue weighted by molar-refractivity contribution is 0.0600. The topological polar surface area (TPSA) is 70.0 Å². The largest absolute Gasteiger partial charge is 0.465 e. The summed E-state index contributed by atoms with van der Waals surface area (Å²) in [6.07, 6.45) is 0. The number of carbonyl (C=O) groups is 1. The van der Waals surface area contributed by atoms with E-state index >= 15 is 0 Å². The zero-order valence-electron chi connectivity index (χ0n) is 10.7. The van der Waals surface area contributed by atoms with E-state index in [0.717, 1.165) is 11.3 Å². The first-order valence-electron chi connectivity index (χ1n) is 5.79. The smallest absolute Gasteiger partial charge is 0.337 e. The average molecular weight is 253 g/mol. The summed E-state index contributed by atoms with van der Waals surface area (Å²) in [4.78, 5) is 13.3. The van der Waals surface area contributed by atoms with Gasteiger partial charge in [-0.15, -0.1) is 0 Å². The van der Waals surface area contributed by atoms with Crippen molar-refractivity contribution in [1.82, 2.24) is 0 Å². The fourth-order valence-electron chi connectivity index (χ4n) is 1.79. The van der Waals surface area contributed by atoms with Crippen molar-refractivity contribution in [3.8, 4) is 0 Å². The zero-order chi connectivity index (χ0) is 13.5. The highest BCUT2D eigenvalue weighted by atomic mass is 16.5. The molecule has 0 fully saturated rings. The Balaban J connectivity index is 3.05. The predicted octanol–water partition coefficient (Wildman–Crippen LogP) is 0.573. The molecule has 0 unspecified atom stereocenters. The van der Waals surface area contributed by atoms with E-state index < -0.39 is 5.97 Å². The summed E-state index contributed by atoms with van der Waals surface area (Å²) in [7, 11) is 1.34. The van der Waals surface area contributed by atoms with Crippen LogP contribution in [0.2, 0.25) is 0 Å². The van der Waals surface area contributed by atoms with E-state index in [4.69, 9.17) is 10.2 Å². The van der Waals surface area contributed by atoms with Crippen molar-refractivity contribution in [2.45, 2.75) is 6.92 Å². The molecular formula is C13H19NO4. The summed E-state index contributed by atoms with van der Waals surface area (Å²) in [5.41, 5.74) is 2.18. The maximum Gasteiger partial charge on any atom is 0.337 e. The highest BCUT2D eigenvalue weighted by Gasteiger charge is 2.11. The lowest BCUT2D eigenvalue weighted by atomic mass is 10.1. The Kier molecular flexibility index (Phi) is 5.61. The predicted molar refractivity (Wildman–Crippen MR) is 68.9 cm³/mol. The standard InChI is InChI=1S/C13H19NO4/c1-10-7-11(13(17)18-2)9-12(8-10)14(3-5-15)4-6-16/h7-9,15-16H,3-6H2,1-2H3. The molecular weight excluding hydrogens is 234 g/mol. The molecule has 0 aliphatic heterocycles. The molecule has 0 aliphatic carbocycles. The molecule has 0 aromatic heterocycles. The van der Waals surface area contributed by atoms with Crippen LogP contribution in [0.1, 0.15) is 15.9 Å². The summed E-state index contributed by atoms with van der Waals surface area (Å²) in [5, 5.41) is 18.0. The first-order valence-corrected chi connectivity index (χ1v) is 5.79. The minimum absolute atomic E-state index is 0.0124. The van der Waals surface area contributed by atoms with Gasteiger partial charge in [-0.25, -0.2) is 4.79 Å². The third kappa shape index (κ3) is 3.72. The van der Waals surface area contributed by atoms with Gasteiger partial charge in [-0.05, 0) is 30.7 Å². The number of aryl methyl sites for hydroxylation is 1. The molecule has 5 heteroatoms. The van der Waals surface area contributed by atoms with Crippen LogP contribution in [-0.2, 0) is 4.74 Å². The minimum atomic E-state index is -0.395. The molecule has 100 valence electrons. The molecule has 5 nitrogen and oxygen atoms in total. The molecule has 1 aromatic rings. The normalized spacial score (nSPS) is 10.2. The molecule has 1 aromatic carbocycles. The van der Waals surface area contributed by atoms with Gasteiger partial charge in [0, 0.05) is 18.8 Å². The van der Waals surface area contributed by atoms with Crippen LogP contribution in [0.5, 0.6) is 0 Å². The van der Waals surface area contributed by atoms with Crippen molar-refractivity contribution in [3.63, 3.8) is 0 Å². The highest BCUT2D eigenvalue weighted by molar-refractivity contribution is 5.90. The van der Waals surface area contributed by atoms with E-state index in [1.54, 1.807) is 12.1 Å². The Bertz CT molecular complexity index is 400. The van der Waals surface area contributed by atoms with E-state index in [0.29, 0.717) is 18.7 Å². The van der Waals surface area contributed by atoms with Crippen LogP contribution in [0, 0.1) is 6.92 Å². The molecule has 0 saturated carbocycles. The van der Waals surface area contributed by atoms with E-state index in [1.165, 1.54) is 7.11 Å². The first kappa shape index (κ1) is 14.5. The van der Waals surface area contributed by atoms with Gasteiger partial charge >= 0.3 is 5.97 Å². The molecule has 0 aliphatic rings. The van der Waals surface area contributed by atoms with Crippen LogP contribution in [-0.4, -0.2) is 49.6 Å². The van der Waals surface area contributed by atoms with E-state index in [9.17, 15) is 4.79 Å². The first-order chi connectivity index (χ1) is 8.62. The van der Waals surface area contributed by atoms with Crippen LogP contribution in [0.25, 0.3) is 0 Å². The molecule has 0 radical (unpaired) electrons. The second kappa shape index (κ2) is 6.98. The minimum Gasteiger partial charge on any atom is -0.465 e. The van der Waals surface area contributed by atoms with Gasteiger partial charge < -0.3 is 19.8 Å². The van der Waals surface area contributed by atoms with Gasteiger partial charge in [0.05, 0.1) is 25.9 Å². The Morgan fingerprint density at radius 1 is 1.22 bits per heavy atom. The van der Waals surface area contributed by atoms with Gasteiger partial charge in [0.25, 0.3) is 0 Å². The fraction of sp³-hybridized carbons (Fsp3) is 0.462. The number of hydrogen-bond donors (Lipinski definition) is 2. The van der Waals surface area contributed by atoms with Crippen molar-refractivity contribution in [2.24, 2.45) is 0 Å². The number of anilines is 1. The average Bonchev–Trinajstić information content (AvgIpc) is 2.36. The maximum atomic E-state index is 11.5. The molecule has 0 heterocycles. The van der Waals surface area contributed by atoms with Gasteiger partial charge in [0.1, 0.15) is 0 Å². The van der Waals surface area contributed by atoms with Gasteiger partial charge in [0.15, 0.2) is 0 Å². The summed E-state index contributed by atoms with van der Waals surface area (Å²) in [6, 6.07) is 5.34. The third-order valence-electron chi connectivity index (χ3n) is 2.59. The van der Waals surface area contributed by atoms with Crippen molar-refractivity contribution in [1.29, 1.82) is 0 Å². The molecule has 2 N–H and O–H groups in total. The second-order valence-electron chi connectivity index (χ2n) is 3.98. The number of aliphatic hydroxyl groups excluding tert-OH is 2. The number of carbonyl (C=O) groups excluding carboxylic acids is 1. The number of nitrogens with zero attached hydrogens (tertiary/aromatic N) is 1. The molecule has 1 rings (SSSR count). The number of rotatable bonds is 6. The maximum absolute atomic E-state index is 11.5. The van der Waals surface area contributed by atoms with Crippen LogP contribution in [0.4, 0.5) is 5.69 Å². The third-order valence-corrected chi connectivity index (χ3v) is 2.59. The second-order valence-corrected chi connectivity index (χ2v) is 3.98. The van der Waals surface area contributed by atoms with Crippen LogP contribution in [0.15, 0.2) is 18.2 Å². The van der Waals surface area contributed by atoms with Crippen LogP contribution >= 0.6 is 0 Å². The number of methoxy groups -OCH3 is 1. The molecule has 18 heavy (non-hydrogen) atoms.